The topological polar surface area (TPSA) is 44.5 Å². The summed E-state index contributed by atoms with van der Waals surface area (Å²) in [5.41, 5.74) is 9.41. The molecule has 182 valence electrons. The molecule has 6 aromatic rings. The van der Waals surface area contributed by atoms with Crippen LogP contribution in [0.1, 0.15) is 25.0 Å². The van der Waals surface area contributed by atoms with E-state index in [0.29, 0.717) is 17.4 Å². The SMILES string of the molecule is CC1(C)c2ccccc2-c2cc3c(cc21)Oc1cccc(-c2cccc(-c4nc5ccccc5o4)c2)c1O3. The van der Waals surface area contributed by atoms with Crippen LogP contribution in [-0.2, 0) is 5.41 Å². The largest absolute Gasteiger partial charge is 0.449 e. The highest BCUT2D eigenvalue weighted by molar-refractivity contribution is 5.85. The van der Waals surface area contributed by atoms with Gasteiger partial charge in [0.05, 0.1) is 0 Å². The summed E-state index contributed by atoms with van der Waals surface area (Å²) >= 11 is 0. The van der Waals surface area contributed by atoms with Gasteiger partial charge in [0, 0.05) is 16.5 Å². The number of oxazole rings is 1. The summed E-state index contributed by atoms with van der Waals surface area (Å²) in [5, 5.41) is 0. The second-order valence-electron chi connectivity index (χ2n) is 10.4. The molecule has 0 N–H and O–H groups in total. The third kappa shape index (κ3) is 3.00. The highest BCUT2D eigenvalue weighted by Gasteiger charge is 2.37. The average Bonchev–Trinajstić information content (AvgIpc) is 3.48. The number of rotatable bonds is 2. The van der Waals surface area contributed by atoms with E-state index in [1.165, 1.54) is 22.3 Å². The van der Waals surface area contributed by atoms with Gasteiger partial charge in [-0.2, -0.15) is 0 Å². The van der Waals surface area contributed by atoms with Gasteiger partial charge in [0.1, 0.15) is 5.52 Å². The molecule has 0 atom stereocenters. The summed E-state index contributed by atoms with van der Waals surface area (Å²) in [4.78, 5) is 4.68. The van der Waals surface area contributed by atoms with Crippen molar-refractivity contribution < 1.29 is 13.9 Å². The number of nitrogens with zero attached hydrogens (tertiary/aromatic N) is 1. The molecule has 1 aliphatic carbocycles. The number of fused-ring (bicyclic) bond motifs is 6. The molecule has 4 heteroatoms. The van der Waals surface area contributed by atoms with Gasteiger partial charge in [-0.25, -0.2) is 4.98 Å². The summed E-state index contributed by atoms with van der Waals surface area (Å²) in [7, 11) is 0. The number of aromatic nitrogens is 1. The van der Waals surface area contributed by atoms with Crippen LogP contribution in [0.2, 0.25) is 0 Å². The summed E-state index contributed by atoms with van der Waals surface area (Å²) < 4.78 is 19.1. The van der Waals surface area contributed by atoms with Gasteiger partial charge in [0.15, 0.2) is 28.6 Å². The van der Waals surface area contributed by atoms with Crippen molar-refractivity contribution in [2.45, 2.75) is 19.3 Å². The highest BCUT2D eigenvalue weighted by atomic mass is 16.6. The summed E-state index contributed by atoms with van der Waals surface area (Å²) in [6.07, 6.45) is 0. The number of ether oxygens (including phenoxy) is 2. The number of hydrogen-bond acceptors (Lipinski definition) is 4. The molecule has 0 amide bonds. The second kappa shape index (κ2) is 7.59. The molecule has 1 aromatic heterocycles. The average molecular weight is 494 g/mol. The van der Waals surface area contributed by atoms with E-state index in [-0.39, 0.29) is 5.41 Å². The zero-order valence-electron chi connectivity index (χ0n) is 21.0. The first-order valence-electron chi connectivity index (χ1n) is 12.8. The number of benzene rings is 5. The quantitative estimate of drug-likeness (QED) is 0.241. The molecule has 0 saturated heterocycles. The van der Waals surface area contributed by atoms with Crippen LogP contribution in [0.3, 0.4) is 0 Å². The van der Waals surface area contributed by atoms with Crippen molar-refractivity contribution in [2.24, 2.45) is 0 Å². The molecule has 0 bridgehead atoms. The number of hydrogen-bond donors (Lipinski definition) is 0. The molecule has 0 saturated carbocycles. The Morgan fingerprint density at radius 2 is 1.34 bits per heavy atom. The molecule has 4 nitrogen and oxygen atoms in total. The maximum atomic E-state index is 6.60. The van der Waals surface area contributed by atoms with Gasteiger partial charge < -0.3 is 13.9 Å². The van der Waals surface area contributed by atoms with E-state index in [9.17, 15) is 0 Å². The van der Waals surface area contributed by atoms with Crippen molar-refractivity contribution in [2.75, 3.05) is 0 Å². The first-order chi connectivity index (χ1) is 18.6. The fourth-order valence-corrected chi connectivity index (χ4v) is 5.84. The van der Waals surface area contributed by atoms with Crippen molar-refractivity contribution in [3.8, 4) is 56.7 Å². The van der Waals surface area contributed by atoms with E-state index < -0.39 is 0 Å². The van der Waals surface area contributed by atoms with E-state index in [0.717, 1.165) is 39.3 Å². The first-order valence-corrected chi connectivity index (χ1v) is 12.8. The van der Waals surface area contributed by atoms with Gasteiger partial charge >= 0.3 is 0 Å². The molecule has 5 aromatic carbocycles. The van der Waals surface area contributed by atoms with Crippen LogP contribution in [0.5, 0.6) is 23.0 Å². The molecule has 2 heterocycles. The minimum Gasteiger partial charge on any atom is -0.449 e. The van der Waals surface area contributed by atoms with Crippen molar-refractivity contribution in [3.05, 3.63) is 114 Å². The molecular formula is C34H23NO3. The van der Waals surface area contributed by atoms with Crippen molar-refractivity contribution in [3.63, 3.8) is 0 Å². The van der Waals surface area contributed by atoms with Crippen LogP contribution in [0.4, 0.5) is 0 Å². The number of para-hydroxylation sites is 3. The van der Waals surface area contributed by atoms with Crippen molar-refractivity contribution >= 4 is 11.1 Å². The van der Waals surface area contributed by atoms with Crippen LogP contribution in [-0.4, -0.2) is 4.98 Å². The molecular weight excluding hydrogens is 470 g/mol. The Morgan fingerprint density at radius 3 is 2.26 bits per heavy atom. The van der Waals surface area contributed by atoms with Crippen molar-refractivity contribution in [1.82, 2.24) is 4.98 Å². The zero-order chi connectivity index (χ0) is 25.4. The molecule has 0 fully saturated rings. The predicted molar refractivity (Wildman–Crippen MR) is 149 cm³/mol. The molecule has 38 heavy (non-hydrogen) atoms. The Kier molecular flexibility index (Phi) is 4.25. The monoisotopic (exact) mass is 493 g/mol. The molecule has 2 aliphatic rings. The van der Waals surface area contributed by atoms with E-state index in [1.807, 2.05) is 48.5 Å². The maximum absolute atomic E-state index is 6.60. The first kappa shape index (κ1) is 21.3. The predicted octanol–water partition coefficient (Wildman–Crippen LogP) is 9.37. The van der Waals surface area contributed by atoms with Gasteiger partial charge in [0.25, 0.3) is 0 Å². The molecule has 0 radical (unpaired) electrons. The lowest BCUT2D eigenvalue weighted by Gasteiger charge is -2.26. The van der Waals surface area contributed by atoms with Gasteiger partial charge in [-0.3, -0.25) is 0 Å². The lowest BCUT2D eigenvalue weighted by Crippen LogP contribution is -2.15. The molecule has 1 aliphatic heterocycles. The third-order valence-corrected chi connectivity index (χ3v) is 7.77. The van der Waals surface area contributed by atoms with E-state index in [4.69, 9.17) is 13.9 Å². The third-order valence-electron chi connectivity index (χ3n) is 7.77. The van der Waals surface area contributed by atoms with Gasteiger partial charge in [-0.1, -0.05) is 74.5 Å². The summed E-state index contributed by atoms with van der Waals surface area (Å²) in [5.74, 6) is 3.48. The molecule has 0 unspecified atom stereocenters. The maximum Gasteiger partial charge on any atom is 0.227 e. The Bertz CT molecular complexity index is 1880. The van der Waals surface area contributed by atoms with Crippen LogP contribution in [0.25, 0.3) is 44.8 Å². The second-order valence-corrected chi connectivity index (χ2v) is 10.4. The fraction of sp³-hybridized carbons (Fsp3) is 0.0882. The normalized spacial score (nSPS) is 14.2. The van der Waals surface area contributed by atoms with Crippen LogP contribution >= 0.6 is 0 Å². The van der Waals surface area contributed by atoms with E-state index >= 15 is 0 Å². The van der Waals surface area contributed by atoms with Gasteiger partial charge in [0.2, 0.25) is 5.89 Å². The van der Waals surface area contributed by atoms with E-state index in [2.05, 4.69) is 73.4 Å². The smallest absolute Gasteiger partial charge is 0.227 e. The van der Waals surface area contributed by atoms with Crippen LogP contribution in [0.15, 0.2) is 108 Å². The summed E-state index contributed by atoms with van der Waals surface area (Å²) in [6, 6.07) is 34.9. The fourth-order valence-electron chi connectivity index (χ4n) is 5.84. The molecule has 8 rings (SSSR count). The Hall–Kier alpha value is -4.83. The highest BCUT2D eigenvalue weighted by Crippen LogP contribution is 2.56. The Morgan fingerprint density at radius 1 is 0.579 bits per heavy atom. The zero-order valence-corrected chi connectivity index (χ0v) is 21.0. The standard InChI is InChI=1S/C34H23NO3/c1-34(2)25-13-4-3-11-23(25)24-18-30-31(19-26(24)34)36-29-16-8-12-22(32(29)37-30)20-9-7-10-21(17-20)33-35-27-14-5-6-15-28(27)38-33/h3-19H,1-2H3. The van der Waals surface area contributed by atoms with Gasteiger partial charge in [-0.05, 0) is 70.3 Å². The Labute approximate surface area is 220 Å². The van der Waals surface area contributed by atoms with Crippen LogP contribution in [0, 0.1) is 0 Å². The Balaban J connectivity index is 1.22. The minimum absolute atomic E-state index is 0.0996. The lowest BCUT2D eigenvalue weighted by molar-refractivity contribution is 0.360. The lowest BCUT2D eigenvalue weighted by atomic mass is 9.82. The minimum atomic E-state index is -0.0996. The molecule has 0 spiro atoms. The van der Waals surface area contributed by atoms with E-state index in [1.54, 1.807) is 0 Å². The summed E-state index contributed by atoms with van der Waals surface area (Å²) in [6.45, 7) is 4.54. The van der Waals surface area contributed by atoms with Crippen molar-refractivity contribution in [1.29, 1.82) is 0 Å². The van der Waals surface area contributed by atoms with Gasteiger partial charge in [-0.15, -0.1) is 0 Å². The van der Waals surface area contributed by atoms with Crippen LogP contribution < -0.4 is 9.47 Å².